The lowest BCUT2D eigenvalue weighted by Gasteiger charge is -2.05. The van der Waals surface area contributed by atoms with Gasteiger partial charge in [0.25, 0.3) is 0 Å². The van der Waals surface area contributed by atoms with Crippen LogP contribution in [0.25, 0.3) is 11.0 Å². The average Bonchev–Trinajstić information content (AvgIpc) is 4.06. The second kappa shape index (κ2) is 36.9. The van der Waals surface area contributed by atoms with E-state index in [1.54, 1.807) is 43.8 Å². The molecule has 0 unspecified atom stereocenters. The number of aromatic nitrogens is 7. The molecule has 382 valence electrons. The molecule has 7 nitrogen and oxygen atoms in total. The maximum atomic E-state index is 12.0. The van der Waals surface area contributed by atoms with Gasteiger partial charge in [-0.1, -0.05) is 169 Å². The highest BCUT2D eigenvalue weighted by atomic mass is 19.4. The van der Waals surface area contributed by atoms with Crippen LogP contribution >= 0.6 is 0 Å². The third kappa shape index (κ3) is 31.8. The van der Waals surface area contributed by atoms with Gasteiger partial charge in [-0.05, 0) is 129 Å². The zero-order chi connectivity index (χ0) is 53.5. The van der Waals surface area contributed by atoms with E-state index in [2.05, 4.69) is 142 Å². The molecular weight excluding hydrogens is 912 g/mol. The van der Waals surface area contributed by atoms with E-state index in [1.165, 1.54) is 53.3 Å². The van der Waals surface area contributed by atoms with Crippen molar-refractivity contribution < 1.29 is 13.2 Å². The van der Waals surface area contributed by atoms with Gasteiger partial charge in [-0.25, -0.2) is 15.0 Å². The molecule has 0 fully saturated rings. The topological polar surface area (TPSA) is 85.2 Å². The second-order valence-electron chi connectivity index (χ2n) is 16.7. The quantitative estimate of drug-likeness (QED) is 0.191. The van der Waals surface area contributed by atoms with Gasteiger partial charge in [0.2, 0.25) is 0 Å². The highest BCUT2D eigenvalue weighted by Gasteiger charge is 2.29. The third-order valence-electron chi connectivity index (χ3n) is 9.71. The van der Waals surface area contributed by atoms with Gasteiger partial charge >= 0.3 is 6.18 Å². The summed E-state index contributed by atoms with van der Waals surface area (Å²) in [5.41, 5.74) is 9.78. The number of aromatic amines is 1. The Balaban J connectivity index is 0.000000283. The van der Waals surface area contributed by atoms with Crippen LogP contribution in [0, 0.1) is 62.3 Å². The SMILES string of the molecule is CCCCn1cccc1.Cc1ccc(C)cc1.Cc1cccc(C(F)(F)F)c1.Cc1ccccc1.Cc1ccccc1.Cc1ccccn1.Cc1cccnc1.Cc1nc2ccccc2[nH]1.Cc1ncccn1. The monoisotopic (exact) mass is 986 g/mol. The van der Waals surface area contributed by atoms with E-state index >= 15 is 0 Å². The van der Waals surface area contributed by atoms with Crippen LogP contribution in [-0.2, 0) is 12.7 Å². The minimum atomic E-state index is -4.22. The summed E-state index contributed by atoms with van der Waals surface area (Å²) < 4.78 is 38.1. The number of hydrogen-bond acceptors (Lipinski definition) is 5. The first-order valence-corrected chi connectivity index (χ1v) is 24.3. The lowest BCUT2D eigenvalue weighted by Crippen LogP contribution is -2.04. The number of H-pyrrole nitrogens is 1. The fourth-order valence-corrected chi connectivity index (χ4v) is 5.74. The van der Waals surface area contributed by atoms with Crippen molar-refractivity contribution >= 4 is 11.0 Å². The molecule has 0 spiro atoms. The van der Waals surface area contributed by atoms with Crippen molar-refractivity contribution in [1.29, 1.82) is 0 Å². The molecule has 5 aromatic heterocycles. The smallest absolute Gasteiger partial charge is 0.354 e. The van der Waals surface area contributed by atoms with Crippen LogP contribution in [-0.4, -0.2) is 34.5 Å². The summed E-state index contributed by atoms with van der Waals surface area (Å²) in [6, 6.07) is 58.0. The fourth-order valence-electron chi connectivity index (χ4n) is 5.74. The molecule has 0 aliphatic rings. The minimum Gasteiger partial charge on any atom is -0.354 e. The van der Waals surface area contributed by atoms with E-state index in [0.29, 0.717) is 5.56 Å². The van der Waals surface area contributed by atoms with Crippen LogP contribution in [0.2, 0.25) is 0 Å². The van der Waals surface area contributed by atoms with Crippen LogP contribution < -0.4 is 0 Å². The van der Waals surface area contributed by atoms with Crippen molar-refractivity contribution in [1.82, 2.24) is 34.5 Å². The minimum absolute atomic E-state index is 0.586. The molecule has 1 N–H and O–H groups in total. The van der Waals surface area contributed by atoms with Crippen LogP contribution in [0.15, 0.2) is 225 Å². The molecule has 73 heavy (non-hydrogen) atoms. The van der Waals surface area contributed by atoms with Gasteiger partial charge in [-0.3, -0.25) is 9.97 Å². The summed E-state index contributed by atoms with van der Waals surface area (Å²) in [4.78, 5) is 23.0. The van der Waals surface area contributed by atoms with E-state index in [4.69, 9.17) is 0 Å². The van der Waals surface area contributed by atoms with Crippen molar-refractivity contribution in [3.8, 4) is 0 Å². The highest BCUT2D eigenvalue weighted by molar-refractivity contribution is 5.74. The summed E-state index contributed by atoms with van der Waals surface area (Å²) in [5, 5.41) is 0. The Hall–Kier alpha value is -7.98. The van der Waals surface area contributed by atoms with Crippen molar-refractivity contribution in [2.75, 3.05) is 0 Å². The maximum absolute atomic E-state index is 12.0. The van der Waals surface area contributed by atoms with Crippen LogP contribution in [0.4, 0.5) is 13.2 Å². The Labute approximate surface area is 433 Å². The van der Waals surface area contributed by atoms with Crippen LogP contribution in [0.1, 0.15) is 76.1 Å². The summed E-state index contributed by atoms with van der Waals surface area (Å²) >= 11 is 0. The molecule has 0 amide bonds. The van der Waals surface area contributed by atoms with Gasteiger partial charge in [0.15, 0.2) is 0 Å². The molecule has 0 aliphatic heterocycles. The Morgan fingerprint density at radius 1 is 0.466 bits per heavy atom. The van der Waals surface area contributed by atoms with Crippen molar-refractivity contribution in [2.24, 2.45) is 0 Å². The number of benzene rings is 5. The molecule has 10 rings (SSSR count). The molecule has 0 saturated carbocycles. The first-order valence-electron chi connectivity index (χ1n) is 24.3. The van der Waals surface area contributed by atoms with Gasteiger partial charge in [0, 0.05) is 55.6 Å². The number of fused-ring (bicyclic) bond motifs is 1. The van der Waals surface area contributed by atoms with Gasteiger partial charge in [0.05, 0.1) is 16.6 Å². The maximum Gasteiger partial charge on any atom is 0.416 e. The predicted octanol–water partition coefficient (Wildman–Crippen LogP) is 17.0. The summed E-state index contributed by atoms with van der Waals surface area (Å²) in [7, 11) is 0. The molecule has 5 heterocycles. The number of imidazole rings is 1. The Bertz CT molecular complexity index is 2550. The average molecular weight is 986 g/mol. The lowest BCUT2D eigenvalue weighted by molar-refractivity contribution is -0.137. The van der Waals surface area contributed by atoms with E-state index in [9.17, 15) is 13.2 Å². The van der Waals surface area contributed by atoms with Crippen LogP contribution in [0.5, 0.6) is 0 Å². The number of hydrogen-bond donors (Lipinski definition) is 1. The standard InChI is InChI=1S/C8H7F3.C8H8N2.C8H13N.C8H10.2C7H8.2C6H7N.C5H6N2/c1-6-3-2-4-7(5-6)8(9,10)11;1-6-9-7-4-2-3-5-8(7)10-6;1-2-3-6-9-7-4-5-8-9;1-7-3-5-8(2)6-4-7;2*1-7-5-3-2-4-6-7;1-6-3-2-4-7-5-6;1-6-4-2-3-5-7-6;1-5-6-3-2-4-7-5/h2-5H,1H3;2-5H,1H3,(H,9,10);4-5,7-8H,2-3,6H2,1H3;3-6H,1-2H3;2*2-6H,1H3;2*2-5H,1H3;2-4H,1H3. The van der Waals surface area contributed by atoms with Gasteiger partial charge in [0.1, 0.15) is 11.6 Å². The van der Waals surface area contributed by atoms with Crippen molar-refractivity contribution in [3.05, 3.63) is 282 Å². The fraction of sp³-hybridized carbons (Fsp3) is 0.222. The largest absolute Gasteiger partial charge is 0.416 e. The van der Waals surface area contributed by atoms with Gasteiger partial charge < -0.3 is 9.55 Å². The number of aryl methyl sites for hydroxylation is 10. The molecule has 10 heteroatoms. The first kappa shape index (κ1) is 61.1. The number of nitrogens with zero attached hydrogens (tertiary/aromatic N) is 6. The normalized spacial score (nSPS) is 9.60. The van der Waals surface area contributed by atoms with Gasteiger partial charge in [-0.2, -0.15) is 13.2 Å². The molecule has 10 aromatic rings. The van der Waals surface area contributed by atoms with Crippen molar-refractivity contribution in [2.45, 2.75) is 94.8 Å². The first-order chi connectivity index (χ1) is 35.0. The zero-order valence-corrected chi connectivity index (χ0v) is 44.3. The Kier molecular flexibility index (Phi) is 30.9. The van der Waals surface area contributed by atoms with Gasteiger partial charge in [-0.15, -0.1) is 0 Å². The molecule has 0 aliphatic carbocycles. The lowest BCUT2D eigenvalue weighted by atomic mass is 10.1. The second-order valence-corrected chi connectivity index (χ2v) is 16.7. The van der Waals surface area contributed by atoms with Crippen LogP contribution in [0.3, 0.4) is 0 Å². The number of para-hydroxylation sites is 2. The molecule has 0 bridgehead atoms. The van der Waals surface area contributed by atoms with Crippen molar-refractivity contribution in [3.63, 3.8) is 0 Å². The zero-order valence-electron chi connectivity index (χ0n) is 44.3. The number of nitrogens with one attached hydrogen (secondary N) is 1. The highest BCUT2D eigenvalue weighted by Crippen LogP contribution is 2.29. The number of pyridine rings is 2. The molecular formula is C63H74F3N7. The molecule has 0 saturated heterocycles. The summed E-state index contributed by atoms with van der Waals surface area (Å²) in [6.07, 6.45) is 11.4. The van der Waals surface area contributed by atoms with E-state index in [-0.39, 0.29) is 0 Å². The van der Waals surface area contributed by atoms with E-state index in [1.807, 2.05) is 125 Å². The molecule has 0 radical (unpaired) electrons. The summed E-state index contributed by atoms with van der Waals surface area (Å²) in [5.74, 6) is 1.80. The number of halogens is 3. The molecule has 0 atom stereocenters. The van der Waals surface area contributed by atoms with E-state index < -0.39 is 11.7 Å². The molecule has 5 aromatic carbocycles. The summed E-state index contributed by atoms with van der Waals surface area (Å²) in [6.45, 7) is 21.2. The number of unbranched alkanes of at least 4 members (excludes halogenated alkanes) is 1. The predicted molar refractivity (Wildman–Crippen MR) is 299 cm³/mol. The number of rotatable bonds is 3. The third-order valence-corrected chi connectivity index (χ3v) is 9.71. The Morgan fingerprint density at radius 2 is 0.973 bits per heavy atom. The number of alkyl halides is 3. The van der Waals surface area contributed by atoms with E-state index in [0.717, 1.165) is 40.5 Å². The Morgan fingerprint density at radius 3 is 1.34 bits per heavy atom.